The Bertz CT molecular complexity index is 1240. The van der Waals surface area contributed by atoms with Gasteiger partial charge < -0.3 is 9.64 Å². The van der Waals surface area contributed by atoms with Gasteiger partial charge in [0.2, 0.25) is 0 Å². The number of fused-ring (bicyclic) bond motifs is 1. The zero-order valence-electron chi connectivity index (χ0n) is 15.7. The molecule has 1 saturated heterocycles. The first-order valence-electron chi connectivity index (χ1n) is 9.05. The van der Waals surface area contributed by atoms with Crippen LogP contribution in [0.1, 0.15) is 5.56 Å². The summed E-state index contributed by atoms with van der Waals surface area (Å²) in [6.07, 6.45) is 0. The second kappa shape index (κ2) is 7.54. The van der Waals surface area contributed by atoms with E-state index in [1.807, 2.05) is 35.2 Å². The highest BCUT2D eigenvalue weighted by molar-refractivity contribution is 7.91. The van der Waals surface area contributed by atoms with E-state index in [1.165, 1.54) is 0 Å². The Morgan fingerprint density at radius 2 is 1.93 bits per heavy atom. The largest absolute Gasteiger partial charge is 0.497 e. The quantitative estimate of drug-likeness (QED) is 0.634. The molecule has 0 spiro atoms. The molecular weight excluding hydrogens is 410 g/mol. The molecule has 1 aliphatic rings. The molecule has 0 unspecified atom stereocenters. The third-order valence-electron chi connectivity index (χ3n) is 5.04. The molecule has 0 aliphatic carbocycles. The van der Waals surface area contributed by atoms with E-state index in [4.69, 9.17) is 21.3 Å². The number of halogens is 1. The van der Waals surface area contributed by atoms with Gasteiger partial charge in [-0.2, -0.15) is 5.26 Å². The number of aromatic nitrogens is 1. The van der Waals surface area contributed by atoms with Gasteiger partial charge in [0.25, 0.3) is 0 Å². The van der Waals surface area contributed by atoms with Crippen LogP contribution < -0.4 is 9.64 Å². The lowest BCUT2D eigenvalue weighted by Crippen LogP contribution is -2.41. The summed E-state index contributed by atoms with van der Waals surface area (Å²) in [6, 6.07) is 15.1. The van der Waals surface area contributed by atoms with Gasteiger partial charge in [-0.25, -0.2) is 13.4 Å². The summed E-state index contributed by atoms with van der Waals surface area (Å²) in [4.78, 5) is 6.59. The zero-order chi connectivity index (χ0) is 20.6. The molecule has 0 amide bonds. The molecule has 8 heteroatoms. The van der Waals surface area contributed by atoms with Crippen molar-refractivity contribution in [1.29, 1.82) is 5.26 Å². The molecule has 0 N–H and O–H groups in total. The smallest absolute Gasteiger partial charge is 0.153 e. The predicted octanol–water partition coefficient (Wildman–Crippen LogP) is 3.67. The standard InChI is InChI=1S/C21H18ClN3O3S/c1-28-16-5-6-19-17(12-16)20(14-3-2-4-15(22)11-14)18(13-23)21(24-19)25-7-9-29(26,27)10-8-25/h2-6,11-12H,7-10H2,1H3. The molecule has 2 aromatic carbocycles. The van der Waals surface area contributed by atoms with Crippen LogP contribution in [-0.2, 0) is 9.84 Å². The van der Waals surface area contributed by atoms with Crippen molar-refractivity contribution >= 4 is 38.2 Å². The van der Waals surface area contributed by atoms with E-state index >= 15 is 0 Å². The van der Waals surface area contributed by atoms with Crippen LogP contribution in [0.2, 0.25) is 5.02 Å². The Balaban J connectivity index is 2.00. The van der Waals surface area contributed by atoms with Crippen molar-refractivity contribution in [2.24, 2.45) is 0 Å². The molecule has 6 nitrogen and oxygen atoms in total. The monoisotopic (exact) mass is 427 g/mol. The van der Waals surface area contributed by atoms with Gasteiger partial charge in [-0.1, -0.05) is 23.7 Å². The number of rotatable bonds is 3. The first-order valence-corrected chi connectivity index (χ1v) is 11.2. The molecule has 1 aromatic heterocycles. The van der Waals surface area contributed by atoms with Gasteiger partial charge in [0.05, 0.1) is 24.1 Å². The summed E-state index contributed by atoms with van der Waals surface area (Å²) in [6.45, 7) is 0.612. The lowest BCUT2D eigenvalue weighted by Gasteiger charge is -2.29. The van der Waals surface area contributed by atoms with E-state index < -0.39 is 9.84 Å². The third-order valence-corrected chi connectivity index (χ3v) is 6.89. The van der Waals surface area contributed by atoms with Gasteiger partial charge in [0.1, 0.15) is 23.2 Å². The van der Waals surface area contributed by atoms with Crippen molar-refractivity contribution in [3.8, 4) is 22.9 Å². The van der Waals surface area contributed by atoms with Crippen LogP contribution in [0.4, 0.5) is 5.82 Å². The first-order chi connectivity index (χ1) is 13.9. The van der Waals surface area contributed by atoms with Crippen molar-refractivity contribution in [3.63, 3.8) is 0 Å². The molecule has 0 saturated carbocycles. The minimum atomic E-state index is -3.05. The lowest BCUT2D eigenvalue weighted by atomic mass is 9.95. The molecule has 148 valence electrons. The van der Waals surface area contributed by atoms with E-state index in [1.54, 1.807) is 19.2 Å². The Hall–Kier alpha value is -2.82. The fraction of sp³-hybridized carbons (Fsp3) is 0.238. The Labute approximate surface area is 174 Å². The van der Waals surface area contributed by atoms with Crippen LogP contribution in [0.15, 0.2) is 42.5 Å². The average Bonchev–Trinajstić information content (AvgIpc) is 2.72. The maximum Gasteiger partial charge on any atom is 0.153 e. The molecule has 2 heterocycles. The van der Waals surface area contributed by atoms with Crippen LogP contribution in [0, 0.1) is 11.3 Å². The number of pyridine rings is 1. The molecule has 4 rings (SSSR count). The summed E-state index contributed by atoms with van der Waals surface area (Å²) in [5, 5.41) is 11.4. The number of methoxy groups -OCH3 is 1. The van der Waals surface area contributed by atoms with Gasteiger partial charge in [-0.3, -0.25) is 0 Å². The van der Waals surface area contributed by atoms with E-state index in [2.05, 4.69) is 6.07 Å². The topological polar surface area (TPSA) is 83.3 Å². The normalized spacial score (nSPS) is 15.8. The summed E-state index contributed by atoms with van der Waals surface area (Å²) in [7, 11) is -1.46. The Morgan fingerprint density at radius 1 is 1.17 bits per heavy atom. The highest BCUT2D eigenvalue weighted by Gasteiger charge is 2.27. The maximum atomic E-state index is 11.9. The number of ether oxygens (including phenoxy) is 1. The Morgan fingerprint density at radius 3 is 2.59 bits per heavy atom. The van der Waals surface area contributed by atoms with Gasteiger partial charge in [-0.05, 0) is 35.9 Å². The molecule has 0 atom stereocenters. The average molecular weight is 428 g/mol. The number of nitriles is 1. The minimum absolute atomic E-state index is 0.0483. The van der Waals surface area contributed by atoms with Crippen molar-refractivity contribution in [3.05, 3.63) is 53.1 Å². The van der Waals surface area contributed by atoms with E-state index in [-0.39, 0.29) is 11.5 Å². The summed E-state index contributed by atoms with van der Waals surface area (Å²) >= 11 is 6.22. The molecular formula is C21H18ClN3O3S. The van der Waals surface area contributed by atoms with Crippen molar-refractivity contribution < 1.29 is 13.2 Å². The number of benzene rings is 2. The predicted molar refractivity (Wildman–Crippen MR) is 114 cm³/mol. The molecule has 1 fully saturated rings. The second-order valence-electron chi connectivity index (χ2n) is 6.83. The lowest BCUT2D eigenvalue weighted by molar-refractivity contribution is 0.415. The summed E-state index contributed by atoms with van der Waals surface area (Å²) in [5.74, 6) is 1.25. The van der Waals surface area contributed by atoms with Gasteiger partial charge in [0, 0.05) is 29.1 Å². The number of anilines is 1. The minimum Gasteiger partial charge on any atom is -0.497 e. The summed E-state index contributed by atoms with van der Waals surface area (Å²) in [5.41, 5.74) is 2.60. The SMILES string of the molecule is COc1ccc2nc(N3CCS(=O)(=O)CC3)c(C#N)c(-c3cccc(Cl)c3)c2c1. The first kappa shape index (κ1) is 19.5. The third kappa shape index (κ3) is 3.74. The van der Waals surface area contributed by atoms with Gasteiger partial charge in [0.15, 0.2) is 9.84 Å². The van der Waals surface area contributed by atoms with Crippen LogP contribution in [0.25, 0.3) is 22.0 Å². The van der Waals surface area contributed by atoms with Crippen LogP contribution in [0.5, 0.6) is 5.75 Å². The number of hydrogen-bond acceptors (Lipinski definition) is 6. The van der Waals surface area contributed by atoms with E-state index in [0.717, 1.165) is 10.9 Å². The second-order valence-corrected chi connectivity index (χ2v) is 9.57. The van der Waals surface area contributed by atoms with Crippen LogP contribution in [-0.4, -0.2) is 45.1 Å². The van der Waals surface area contributed by atoms with Crippen LogP contribution >= 0.6 is 11.6 Å². The molecule has 29 heavy (non-hydrogen) atoms. The van der Waals surface area contributed by atoms with Crippen molar-refractivity contribution in [2.45, 2.75) is 0 Å². The maximum absolute atomic E-state index is 11.9. The van der Waals surface area contributed by atoms with E-state index in [0.29, 0.717) is 46.3 Å². The highest BCUT2D eigenvalue weighted by atomic mass is 35.5. The molecule has 3 aromatic rings. The molecule has 0 bridgehead atoms. The van der Waals surface area contributed by atoms with Gasteiger partial charge in [-0.15, -0.1) is 0 Å². The number of sulfone groups is 1. The molecule has 1 aliphatic heterocycles. The van der Waals surface area contributed by atoms with Crippen molar-refractivity contribution in [1.82, 2.24) is 4.98 Å². The zero-order valence-corrected chi connectivity index (χ0v) is 17.3. The molecule has 0 radical (unpaired) electrons. The fourth-order valence-electron chi connectivity index (χ4n) is 3.56. The van der Waals surface area contributed by atoms with Crippen molar-refractivity contribution in [2.75, 3.05) is 36.6 Å². The van der Waals surface area contributed by atoms with Gasteiger partial charge >= 0.3 is 0 Å². The number of nitrogens with zero attached hydrogens (tertiary/aromatic N) is 3. The van der Waals surface area contributed by atoms with Crippen LogP contribution in [0.3, 0.4) is 0 Å². The van der Waals surface area contributed by atoms with E-state index in [9.17, 15) is 13.7 Å². The number of hydrogen-bond donors (Lipinski definition) is 0. The fourth-order valence-corrected chi connectivity index (χ4v) is 4.95. The summed E-state index contributed by atoms with van der Waals surface area (Å²) < 4.78 is 29.1. The Kier molecular flexibility index (Phi) is 5.07. The highest BCUT2D eigenvalue weighted by Crippen LogP contribution is 2.38.